The number of nitrogens with one attached hydrogen (secondary N) is 1. The normalized spacial score (nSPS) is 19.0. The summed E-state index contributed by atoms with van der Waals surface area (Å²) >= 11 is 0. The number of amides is 2. The molecule has 24 heavy (non-hydrogen) atoms. The van der Waals surface area contributed by atoms with E-state index in [9.17, 15) is 26.8 Å². The van der Waals surface area contributed by atoms with Gasteiger partial charge in [0.2, 0.25) is 11.8 Å². The molecule has 9 heteroatoms. The van der Waals surface area contributed by atoms with Crippen molar-refractivity contribution in [3.63, 3.8) is 0 Å². The molecule has 0 aliphatic carbocycles. The molecule has 1 aromatic carbocycles. The molecule has 0 radical (unpaired) electrons. The average Bonchev–Trinajstić information content (AvgIpc) is 2.82. The van der Waals surface area contributed by atoms with Crippen molar-refractivity contribution in [3.05, 3.63) is 29.8 Å². The summed E-state index contributed by atoms with van der Waals surface area (Å²) in [6.07, 6.45) is 0.225. The van der Waals surface area contributed by atoms with E-state index < -0.39 is 33.4 Å². The Morgan fingerprint density at radius 1 is 1.33 bits per heavy atom. The Labute approximate surface area is 138 Å². The maximum atomic E-state index is 13.5. The van der Waals surface area contributed by atoms with Crippen molar-refractivity contribution in [1.29, 1.82) is 0 Å². The Morgan fingerprint density at radius 3 is 2.58 bits per heavy atom. The van der Waals surface area contributed by atoms with Crippen LogP contribution in [0.3, 0.4) is 0 Å². The molecule has 1 N–H and O–H groups in total. The maximum absolute atomic E-state index is 13.5. The number of nitrogens with zero attached hydrogens (tertiary/aromatic N) is 1. The van der Waals surface area contributed by atoms with Crippen molar-refractivity contribution >= 4 is 27.3 Å². The van der Waals surface area contributed by atoms with Crippen LogP contribution in [0.1, 0.15) is 19.8 Å². The summed E-state index contributed by atoms with van der Waals surface area (Å²) in [6, 6.07) is 2.34. The lowest BCUT2D eigenvalue weighted by Gasteiger charge is -2.26. The monoisotopic (exact) mass is 360 g/mol. The third kappa shape index (κ3) is 4.73. The molecule has 1 heterocycles. The zero-order valence-electron chi connectivity index (χ0n) is 13.1. The zero-order valence-corrected chi connectivity index (χ0v) is 13.9. The van der Waals surface area contributed by atoms with Crippen LogP contribution in [-0.2, 0) is 19.4 Å². The van der Waals surface area contributed by atoms with Crippen molar-refractivity contribution in [3.8, 4) is 0 Å². The van der Waals surface area contributed by atoms with E-state index in [1.807, 2.05) is 0 Å². The molecule has 132 valence electrons. The summed E-state index contributed by atoms with van der Waals surface area (Å²) in [5.74, 6) is -2.61. The Hall–Kier alpha value is -2.03. The van der Waals surface area contributed by atoms with Gasteiger partial charge in [-0.3, -0.25) is 9.59 Å². The first-order valence-corrected chi connectivity index (χ1v) is 9.22. The van der Waals surface area contributed by atoms with Crippen LogP contribution in [0.15, 0.2) is 18.2 Å². The van der Waals surface area contributed by atoms with Crippen LogP contribution in [0, 0.1) is 11.6 Å². The van der Waals surface area contributed by atoms with Crippen LogP contribution in [0.5, 0.6) is 0 Å². The van der Waals surface area contributed by atoms with E-state index in [-0.39, 0.29) is 36.1 Å². The van der Waals surface area contributed by atoms with Crippen molar-refractivity contribution in [1.82, 2.24) is 4.90 Å². The van der Waals surface area contributed by atoms with E-state index in [0.29, 0.717) is 12.5 Å². The highest BCUT2D eigenvalue weighted by Crippen LogP contribution is 2.19. The Morgan fingerprint density at radius 2 is 2.04 bits per heavy atom. The standard InChI is InChI=1S/C15H18F2N2O4S/c1-10(20)19(12-5-7-24(22,23)9-12)6-4-15(21)18-14-3-2-11(16)8-13(14)17/h2-3,8,12H,4-7,9H2,1H3,(H,18,21). The third-order valence-corrected chi connectivity index (χ3v) is 5.59. The molecule has 0 saturated carbocycles. The summed E-state index contributed by atoms with van der Waals surface area (Å²) in [5, 5.41) is 2.30. The first kappa shape index (κ1) is 18.3. The molecule has 1 aliphatic heterocycles. The van der Waals surface area contributed by atoms with Gasteiger partial charge in [-0.25, -0.2) is 17.2 Å². The molecule has 0 bridgehead atoms. The van der Waals surface area contributed by atoms with Crippen LogP contribution in [0.25, 0.3) is 0 Å². The lowest BCUT2D eigenvalue weighted by molar-refractivity contribution is -0.131. The zero-order chi connectivity index (χ0) is 17.9. The van der Waals surface area contributed by atoms with Gasteiger partial charge in [0.15, 0.2) is 9.84 Å². The van der Waals surface area contributed by atoms with Gasteiger partial charge in [0.1, 0.15) is 11.6 Å². The highest BCUT2D eigenvalue weighted by atomic mass is 32.2. The number of carbonyl (C=O) groups excluding carboxylic acids is 2. The van der Waals surface area contributed by atoms with Gasteiger partial charge in [0, 0.05) is 32.0 Å². The lowest BCUT2D eigenvalue weighted by Crippen LogP contribution is -2.41. The second kappa shape index (κ2) is 7.25. The van der Waals surface area contributed by atoms with Crippen molar-refractivity contribution in [2.24, 2.45) is 0 Å². The molecule has 0 spiro atoms. The van der Waals surface area contributed by atoms with Gasteiger partial charge >= 0.3 is 0 Å². The highest BCUT2D eigenvalue weighted by Gasteiger charge is 2.33. The van der Waals surface area contributed by atoms with E-state index in [0.717, 1.165) is 12.1 Å². The second-order valence-corrected chi connectivity index (χ2v) is 7.92. The molecule has 1 atom stereocenters. The molecule has 1 aliphatic rings. The maximum Gasteiger partial charge on any atom is 0.226 e. The molecule has 1 aromatic rings. The molecule has 6 nitrogen and oxygen atoms in total. The molecular weight excluding hydrogens is 342 g/mol. The molecule has 1 fully saturated rings. The largest absolute Gasteiger partial charge is 0.338 e. The van der Waals surface area contributed by atoms with E-state index in [4.69, 9.17) is 0 Å². The Balaban J connectivity index is 1.94. The Kier molecular flexibility index (Phi) is 5.53. The fourth-order valence-corrected chi connectivity index (χ4v) is 4.37. The predicted molar refractivity (Wildman–Crippen MR) is 84.1 cm³/mol. The van der Waals surface area contributed by atoms with E-state index >= 15 is 0 Å². The van der Waals surface area contributed by atoms with Gasteiger partial charge in [0.05, 0.1) is 17.2 Å². The minimum Gasteiger partial charge on any atom is -0.338 e. The van der Waals surface area contributed by atoms with Crippen molar-refractivity contribution in [2.45, 2.75) is 25.8 Å². The fraction of sp³-hybridized carbons (Fsp3) is 0.467. The SMILES string of the molecule is CC(=O)N(CCC(=O)Nc1ccc(F)cc1F)C1CCS(=O)(=O)C1. The number of carbonyl (C=O) groups is 2. The molecular formula is C15H18F2N2O4S. The lowest BCUT2D eigenvalue weighted by atomic mass is 10.2. The van der Waals surface area contributed by atoms with Crippen molar-refractivity contribution in [2.75, 3.05) is 23.4 Å². The summed E-state index contributed by atoms with van der Waals surface area (Å²) in [4.78, 5) is 24.9. The molecule has 0 aromatic heterocycles. The molecule has 2 amide bonds. The first-order valence-electron chi connectivity index (χ1n) is 7.40. The average molecular weight is 360 g/mol. The van der Waals surface area contributed by atoms with Gasteiger partial charge in [-0.1, -0.05) is 0 Å². The number of hydrogen-bond acceptors (Lipinski definition) is 4. The third-order valence-electron chi connectivity index (χ3n) is 3.84. The number of anilines is 1. The van der Waals surface area contributed by atoms with Crippen LogP contribution in [0.4, 0.5) is 14.5 Å². The molecule has 2 rings (SSSR count). The van der Waals surface area contributed by atoms with Gasteiger partial charge in [-0.2, -0.15) is 0 Å². The summed E-state index contributed by atoms with van der Waals surface area (Å²) in [7, 11) is -3.15. The van der Waals surface area contributed by atoms with E-state index in [1.165, 1.54) is 11.8 Å². The fourth-order valence-electron chi connectivity index (χ4n) is 2.64. The number of benzene rings is 1. The van der Waals surface area contributed by atoms with Gasteiger partial charge in [0.25, 0.3) is 0 Å². The van der Waals surface area contributed by atoms with Crippen LogP contribution < -0.4 is 5.32 Å². The van der Waals surface area contributed by atoms with Crippen LogP contribution >= 0.6 is 0 Å². The minimum absolute atomic E-state index is 0.0223. The smallest absolute Gasteiger partial charge is 0.226 e. The summed E-state index contributed by atoms with van der Waals surface area (Å²) < 4.78 is 49.3. The van der Waals surface area contributed by atoms with E-state index in [1.54, 1.807) is 0 Å². The predicted octanol–water partition coefficient (Wildman–Crippen LogP) is 1.33. The number of rotatable bonds is 5. The van der Waals surface area contributed by atoms with Gasteiger partial charge in [-0.15, -0.1) is 0 Å². The summed E-state index contributed by atoms with van der Waals surface area (Å²) in [5.41, 5.74) is -0.154. The van der Waals surface area contributed by atoms with Crippen LogP contribution in [0.2, 0.25) is 0 Å². The highest BCUT2D eigenvalue weighted by molar-refractivity contribution is 7.91. The topological polar surface area (TPSA) is 83.6 Å². The number of halogens is 2. The van der Waals surface area contributed by atoms with Crippen molar-refractivity contribution < 1.29 is 26.8 Å². The summed E-state index contributed by atoms with van der Waals surface area (Å²) in [6.45, 7) is 1.34. The number of sulfone groups is 1. The molecule has 1 unspecified atom stereocenters. The van der Waals surface area contributed by atoms with Gasteiger partial charge < -0.3 is 10.2 Å². The molecule has 1 saturated heterocycles. The Bertz CT molecular complexity index is 752. The quantitative estimate of drug-likeness (QED) is 0.859. The first-order chi connectivity index (χ1) is 11.2. The van der Waals surface area contributed by atoms with E-state index in [2.05, 4.69) is 5.32 Å². The van der Waals surface area contributed by atoms with Gasteiger partial charge in [-0.05, 0) is 18.6 Å². The van der Waals surface area contributed by atoms with Crippen LogP contribution in [-0.4, -0.2) is 49.2 Å². The minimum atomic E-state index is -3.15. The number of hydrogen-bond donors (Lipinski definition) is 1. The second-order valence-electron chi connectivity index (χ2n) is 5.69.